The summed E-state index contributed by atoms with van der Waals surface area (Å²) in [6.45, 7) is 6.74. The molecule has 5 rings (SSSR count). The Balaban J connectivity index is 1.42. The van der Waals surface area contributed by atoms with E-state index in [9.17, 15) is 13.2 Å². The van der Waals surface area contributed by atoms with Crippen molar-refractivity contribution in [2.45, 2.75) is 56.1 Å². The number of sulfonamides is 1. The number of hydrogen-bond donors (Lipinski definition) is 1. The molecule has 218 valence electrons. The molecule has 0 aliphatic carbocycles. The molecule has 1 aliphatic rings. The Morgan fingerprint density at radius 2 is 1.43 bits per heavy atom. The number of carbonyl (C=O) groups excluding carboxylic acids is 1. The number of rotatable bonds is 7. The topological polar surface area (TPSA) is 75.7 Å². The average Bonchev–Trinajstić information content (AvgIpc) is 3.00. The van der Waals surface area contributed by atoms with E-state index in [-0.39, 0.29) is 11.8 Å². The minimum Gasteiger partial charge on any atom is -0.444 e. The third-order valence-corrected chi connectivity index (χ3v) is 9.47. The zero-order chi connectivity index (χ0) is 29.7. The zero-order valence-electron chi connectivity index (χ0n) is 24.4. The van der Waals surface area contributed by atoms with Crippen LogP contribution in [0.1, 0.15) is 55.7 Å². The SMILES string of the molecule is CC(C)(C)OC(=O)NCc1cccc(-c2cccc([C@@H]3CN(S(=O)(=O)c4ccccc4)CC[C@H]3c3ccccc3)c2)c1. The number of nitrogens with one attached hydrogen (secondary N) is 1. The van der Waals surface area contributed by atoms with E-state index in [1.165, 1.54) is 5.56 Å². The Kier molecular flexibility index (Phi) is 8.80. The van der Waals surface area contributed by atoms with Gasteiger partial charge in [0.2, 0.25) is 10.0 Å². The van der Waals surface area contributed by atoms with Crippen LogP contribution in [0, 0.1) is 0 Å². The normalized spacial score (nSPS) is 17.9. The molecule has 4 aromatic carbocycles. The smallest absolute Gasteiger partial charge is 0.407 e. The van der Waals surface area contributed by atoms with Gasteiger partial charge in [-0.15, -0.1) is 0 Å². The Hall–Kier alpha value is -3.94. The van der Waals surface area contributed by atoms with Crippen LogP contribution >= 0.6 is 0 Å². The van der Waals surface area contributed by atoms with Gasteiger partial charge in [0.05, 0.1) is 4.90 Å². The molecular formula is C35H38N2O4S. The third-order valence-electron chi connectivity index (χ3n) is 7.60. The van der Waals surface area contributed by atoms with Crippen LogP contribution in [0.4, 0.5) is 4.79 Å². The highest BCUT2D eigenvalue weighted by molar-refractivity contribution is 7.89. The van der Waals surface area contributed by atoms with Gasteiger partial charge in [-0.25, -0.2) is 13.2 Å². The summed E-state index contributed by atoms with van der Waals surface area (Å²) < 4.78 is 34.2. The van der Waals surface area contributed by atoms with Crippen molar-refractivity contribution in [3.63, 3.8) is 0 Å². The fourth-order valence-electron chi connectivity index (χ4n) is 5.62. The van der Waals surface area contributed by atoms with Crippen molar-refractivity contribution in [3.05, 3.63) is 126 Å². The van der Waals surface area contributed by atoms with Crippen LogP contribution < -0.4 is 5.32 Å². The minimum atomic E-state index is -3.61. The van der Waals surface area contributed by atoms with Gasteiger partial charge in [0, 0.05) is 25.6 Å². The summed E-state index contributed by atoms with van der Waals surface area (Å²) in [5, 5.41) is 2.83. The summed E-state index contributed by atoms with van der Waals surface area (Å²) in [4.78, 5) is 12.5. The van der Waals surface area contributed by atoms with E-state index in [0.29, 0.717) is 24.5 Å². The third kappa shape index (κ3) is 7.09. The predicted octanol–water partition coefficient (Wildman–Crippen LogP) is 7.34. The van der Waals surface area contributed by atoms with Crippen molar-refractivity contribution < 1.29 is 17.9 Å². The van der Waals surface area contributed by atoms with Crippen LogP contribution in [0.3, 0.4) is 0 Å². The second-order valence-corrected chi connectivity index (χ2v) is 13.7. The largest absolute Gasteiger partial charge is 0.444 e. The van der Waals surface area contributed by atoms with Crippen molar-refractivity contribution >= 4 is 16.1 Å². The van der Waals surface area contributed by atoms with Gasteiger partial charge in [-0.1, -0.05) is 91.0 Å². The number of ether oxygens (including phenoxy) is 1. The van der Waals surface area contributed by atoms with Gasteiger partial charge >= 0.3 is 6.09 Å². The van der Waals surface area contributed by atoms with Crippen molar-refractivity contribution in [3.8, 4) is 11.1 Å². The molecule has 4 aromatic rings. The van der Waals surface area contributed by atoms with Crippen LogP contribution in [-0.4, -0.2) is 37.5 Å². The predicted molar refractivity (Wildman–Crippen MR) is 167 cm³/mol. The maximum absolute atomic E-state index is 13.6. The lowest BCUT2D eigenvalue weighted by molar-refractivity contribution is 0.0523. The molecule has 0 radical (unpaired) electrons. The molecule has 42 heavy (non-hydrogen) atoms. The zero-order valence-corrected chi connectivity index (χ0v) is 25.2. The average molecular weight is 583 g/mol. The second-order valence-electron chi connectivity index (χ2n) is 11.8. The fraction of sp³-hybridized carbons (Fsp3) is 0.286. The molecule has 1 N–H and O–H groups in total. The Labute approximate surface area is 249 Å². The standard InChI is InChI=1S/C35H38N2O4S/c1-35(2,3)41-34(38)36-24-26-12-10-15-28(22-26)29-16-11-17-30(23-29)33-25-37(42(39,40)31-18-8-5-9-19-31)21-20-32(33)27-13-6-4-7-14-27/h4-19,22-23,32-33H,20-21,24-25H2,1-3H3,(H,36,38)/t32-,33-/m0/s1. The number of alkyl carbamates (subject to hydrolysis) is 1. The van der Waals surface area contributed by atoms with E-state index in [2.05, 4.69) is 47.8 Å². The Morgan fingerprint density at radius 3 is 2.12 bits per heavy atom. The van der Waals surface area contributed by atoms with Crippen LogP contribution in [0.5, 0.6) is 0 Å². The molecule has 2 atom stereocenters. The highest BCUT2D eigenvalue weighted by atomic mass is 32.2. The molecule has 1 aliphatic heterocycles. The second kappa shape index (κ2) is 12.5. The molecule has 1 heterocycles. The van der Waals surface area contributed by atoms with Crippen LogP contribution in [0.15, 0.2) is 114 Å². The molecule has 1 saturated heterocycles. The summed E-state index contributed by atoms with van der Waals surface area (Å²) in [7, 11) is -3.61. The lowest BCUT2D eigenvalue weighted by Gasteiger charge is -2.38. The molecule has 1 fully saturated rings. The Morgan fingerprint density at radius 1 is 0.810 bits per heavy atom. The number of piperidine rings is 1. The van der Waals surface area contributed by atoms with E-state index in [1.54, 1.807) is 28.6 Å². The van der Waals surface area contributed by atoms with E-state index >= 15 is 0 Å². The van der Waals surface area contributed by atoms with Gasteiger partial charge in [0.1, 0.15) is 5.60 Å². The quantitative estimate of drug-likeness (QED) is 0.247. The number of carbonyl (C=O) groups is 1. The van der Waals surface area contributed by atoms with Crippen LogP contribution in [0.25, 0.3) is 11.1 Å². The molecule has 0 unspecified atom stereocenters. The van der Waals surface area contributed by atoms with Crippen molar-refractivity contribution in [1.29, 1.82) is 0 Å². The van der Waals surface area contributed by atoms with E-state index < -0.39 is 21.7 Å². The summed E-state index contributed by atoms with van der Waals surface area (Å²) in [6, 6.07) is 35.6. The van der Waals surface area contributed by atoms with Crippen molar-refractivity contribution in [2.24, 2.45) is 0 Å². The molecular weight excluding hydrogens is 544 g/mol. The van der Waals surface area contributed by atoms with Gasteiger partial charge in [-0.05, 0) is 79.1 Å². The molecule has 0 spiro atoms. The van der Waals surface area contributed by atoms with Gasteiger partial charge in [-0.2, -0.15) is 4.31 Å². The first-order valence-electron chi connectivity index (χ1n) is 14.4. The molecule has 7 heteroatoms. The van der Waals surface area contributed by atoms with Gasteiger partial charge in [-0.3, -0.25) is 0 Å². The molecule has 6 nitrogen and oxygen atoms in total. The lowest BCUT2D eigenvalue weighted by atomic mass is 9.77. The highest BCUT2D eigenvalue weighted by Gasteiger charge is 2.37. The van der Waals surface area contributed by atoms with Gasteiger partial charge in [0.15, 0.2) is 0 Å². The fourth-order valence-corrected chi connectivity index (χ4v) is 7.12. The number of hydrogen-bond acceptors (Lipinski definition) is 4. The molecule has 1 amide bonds. The van der Waals surface area contributed by atoms with E-state index in [1.807, 2.05) is 63.2 Å². The summed E-state index contributed by atoms with van der Waals surface area (Å²) in [5.41, 5.74) is 4.80. The van der Waals surface area contributed by atoms with Gasteiger partial charge < -0.3 is 10.1 Å². The highest BCUT2D eigenvalue weighted by Crippen LogP contribution is 2.42. The Bertz CT molecular complexity index is 1620. The van der Waals surface area contributed by atoms with E-state index in [0.717, 1.165) is 28.7 Å². The first kappa shape index (κ1) is 29.5. The van der Waals surface area contributed by atoms with Crippen LogP contribution in [-0.2, 0) is 21.3 Å². The first-order valence-corrected chi connectivity index (χ1v) is 15.8. The summed E-state index contributed by atoms with van der Waals surface area (Å²) >= 11 is 0. The monoisotopic (exact) mass is 582 g/mol. The summed E-state index contributed by atoms with van der Waals surface area (Å²) in [5.74, 6) is 0.171. The number of benzene rings is 4. The van der Waals surface area contributed by atoms with E-state index in [4.69, 9.17) is 4.74 Å². The van der Waals surface area contributed by atoms with Crippen molar-refractivity contribution in [2.75, 3.05) is 13.1 Å². The van der Waals surface area contributed by atoms with Crippen molar-refractivity contribution in [1.82, 2.24) is 9.62 Å². The lowest BCUT2D eigenvalue weighted by Crippen LogP contribution is -2.42. The van der Waals surface area contributed by atoms with Crippen LogP contribution in [0.2, 0.25) is 0 Å². The number of nitrogens with zero attached hydrogens (tertiary/aromatic N) is 1. The first-order chi connectivity index (χ1) is 20.1. The van der Waals surface area contributed by atoms with Gasteiger partial charge in [0.25, 0.3) is 0 Å². The molecule has 0 bridgehead atoms. The molecule has 0 saturated carbocycles. The maximum Gasteiger partial charge on any atom is 0.407 e. The summed E-state index contributed by atoms with van der Waals surface area (Å²) in [6.07, 6.45) is 0.283. The molecule has 0 aromatic heterocycles. The number of amides is 1. The minimum absolute atomic E-state index is 0.0170. The maximum atomic E-state index is 13.6.